The number of hydrogen-bond acceptors (Lipinski definition) is 2. The van der Waals surface area contributed by atoms with E-state index in [1.807, 2.05) is 6.07 Å². The first-order chi connectivity index (χ1) is 8.04. The maximum atomic E-state index is 5.74. The highest BCUT2D eigenvalue weighted by Gasteiger charge is 2.14. The Morgan fingerprint density at radius 2 is 1.88 bits per heavy atom. The van der Waals surface area contributed by atoms with Crippen LogP contribution in [-0.4, -0.2) is 12.6 Å². The van der Waals surface area contributed by atoms with Crippen molar-refractivity contribution in [3.05, 3.63) is 29.8 Å². The molecule has 1 aromatic rings. The molecule has 0 heterocycles. The molecule has 0 aromatic heterocycles. The molecule has 0 amide bonds. The van der Waals surface area contributed by atoms with Crippen LogP contribution in [0.3, 0.4) is 0 Å². The Bertz CT molecular complexity index is 333. The molecular formula is C15H25NO. The average Bonchev–Trinajstić information content (AvgIpc) is 2.24. The summed E-state index contributed by atoms with van der Waals surface area (Å²) in [6, 6.07) is 8.80. The molecule has 1 unspecified atom stereocenters. The lowest BCUT2D eigenvalue weighted by atomic mass is 9.96. The van der Waals surface area contributed by atoms with Crippen molar-refractivity contribution in [2.75, 3.05) is 6.54 Å². The minimum atomic E-state index is 0.224. The first-order valence-electron chi connectivity index (χ1n) is 6.54. The summed E-state index contributed by atoms with van der Waals surface area (Å²) < 4.78 is 5.74. The van der Waals surface area contributed by atoms with Crippen LogP contribution < -0.4 is 10.1 Å². The van der Waals surface area contributed by atoms with Gasteiger partial charge in [-0.2, -0.15) is 0 Å². The van der Waals surface area contributed by atoms with Crippen molar-refractivity contribution in [3.8, 4) is 5.75 Å². The van der Waals surface area contributed by atoms with E-state index in [0.717, 1.165) is 12.3 Å². The molecule has 1 rings (SSSR count). The molecule has 2 heteroatoms. The predicted molar refractivity (Wildman–Crippen MR) is 73.5 cm³/mol. The van der Waals surface area contributed by atoms with Crippen molar-refractivity contribution in [1.82, 2.24) is 5.32 Å². The molecule has 0 aliphatic heterocycles. The Kier molecular flexibility index (Phi) is 5.49. The minimum absolute atomic E-state index is 0.224. The van der Waals surface area contributed by atoms with Crippen molar-refractivity contribution < 1.29 is 4.74 Å². The van der Waals surface area contributed by atoms with Crippen LogP contribution in [0.1, 0.15) is 46.2 Å². The second kappa shape index (κ2) is 6.65. The summed E-state index contributed by atoms with van der Waals surface area (Å²) in [6.45, 7) is 11.7. The summed E-state index contributed by atoms with van der Waals surface area (Å²) in [4.78, 5) is 0. The predicted octanol–water partition coefficient (Wildman–Crippen LogP) is 3.78. The highest BCUT2D eigenvalue weighted by molar-refractivity contribution is 5.31. The normalized spacial score (nSPS) is 13.1. The van der Waals surface area contributed by atoms with Gasteiger partial charge in [0.1, 0.15) is 5.75 Å². The maximum absolute atomic E-state index is 5.74. The van der Waals surface area contributed by atoms with Crippen LogP contribution in [0.5, 0.6) is 5.75 Å². The second-order valence-electron chi connectivity index (χ2n) is 5.02. The van der Waals surface area contributed by atoms with Crippen LogP contribution in [0.25, 0.3) is 0 Å². The summed E-state index contributed by atoms with van der Waals surface area (Å²) in [5, 5.41) is 3.52. The molecule has 0 saturated heterocycles. The minimum Gasteiger partial charge on any atom is -0.491 e. The van der Waals surface area contributed by atoms with Crippen LogP contribution in [0, 0.1) is 5.92 Å². The third-order valence-electron chi connectivity index (χ3n) is 2.68. The lowest BCUT2D eigenvalue weighted by Gasteiger charge is -2.23. The molecule has 17 heavy (non-hydrogen) atoms. The number of ether oxygens (including phenoxy) is 1. The fraction of sp³-hybridized carbons (Fsp3) is 0.600. The van der Waals surface area contributed by atoms with Crippen LogP contribution in [0.15, 0.2) is 24.3 Å². The van der Waals surface area contributed by atoms with Crippen LogP contribution in [0.2, 0.25) is 0 Å². The van der Waals surface area contributed by atoms with Crippen molar-refractivity contribution in [1.29, 1.82) is 0 Å². The van der Waals surface area contributed by atoms with Gasteiger partial charge in [-0.1, -0.05) is 32.9 Å². The van der Waals surface area contributed by atoms with Gasteiger partial charge in [-0.15, -0.1) is 0 Å². The zero-order valence-electron chi connectivity index (χ0n) is 11.7. The van der Waals surface area contributed by atoms with Gasteiger partial charge in [0.25, 0.3) is 0 Å². The van der Waals surface area contributed by atoms with E-state index in [4.69, 9.17) is 4.74 Å². The molecule has 0 bridgehead atoms. The van der Waals surface area contributed by atoms with Crippen LogP contribution >= 0.6 is 0 Å². The SMILES string of the molecule is CCNC(c1cccc(OC(C)C)c1)C(C)C. The topological polar surface area (TPSA) is 21.3 Å². The monoisotopic (exact) mass is 235 g/mol. The van der Waals surface area contributed by atoms with E-state index in [2.05, 4.69) is 58.1 Å². The van der Waals surface area contributed by atoms with Gasteiger partial charge >= 0.3 is 0 Å². The van der Waals surface area contributed by atoms with E-state index in [1.54, 1.807) is 0 Å². The summed E-state index contributed by atoms with van der Waals surface area (Å²) >= 11 is 0. The van der Waals surface area contributed by atoms with E-state index < -0.39 is 0 Å². The Labute approximate surface area is 105 Å². The van der Waals surface area contributed by atoms with Gasteiger partial charge in [0.05, 0.1) is 6.10 Å². The first-order valence-corrected chi connectivity index (χ1v) is 6.54. The molecule has 1 atom stereocenters. The van der Waals surface area contributed by atoms with Gasteiger partial charge in [-0.3, -0.25) is 0 Å². The third kappa shape index (κ3) is 4.39. The van der Waals surface area contributed by atoms with Crippen molar-refractivity contribution in [2.24, 2.45) is 5.92 Å². The van der Waals surface area contributed by atoms with E-state index in [9.17, 15) is 0 Å². The molecule has 1 aromatic carbocycles. The van der Waals surface area contributed by atoms with Gasteiger partial charge in [-0.25, -0.2) is 0 Å². The number of nitrogens with one attached hydrogen (secondary N) is 1. The molecule has 1 N–H and O–H groups in total. The molecule has 0 aliphatic rings. The van der Waals surface area contributed by atoms with Crippen LogP contribution in [-0.2, 0) is 0 Å². The summed E-state index contributed by atoms with van der Waals surface area (Å²) in [5.74, 6) is 1.53. The highest BCUT2D eigenvalue weighted by Crippen LogP contribution is 2.25. The standard InChI is InChI=1S/C15H25NO/c1-6-16-15(11(2)3)13-8-7-9-14(10-13)17-12(4)5/h7-12,15-16H,6H2,1-5H3. The number of hydrogen-bond donors (Lipinski definition) is 1. The smallest absolute Gasteiger partial charge is 0.120 e. The molecule has 0 aliphatic carbocycles. The van der Waals surface area contributed by atoms with E-state index in [-0.39, 0.29) is 6.10 Å². The first kappa shape index (κ1) is 14.0. The Morgan fingerprint density at radius 3 is 2.41 bits per heavy atom. The number of benzene rings is 1. The van der Waals surface area contributed by atoms with Gasteiger partial charge in [0.2, 0.25) is 0 Å². The zero-order chi connectivity index (χ0) is 12.8. The molecule has 0 fully saturated rings. The molecule has 96 valence electrons. The van der Waals surface area contributed by atoms with Crippen LogP contribution in [0.4, 0.5) is 0 Å². The van der Waals surface area contributed by atoms with Gasteiger partial charge < -0.3 is 10.1 Å². The largest absolute Gasteiger partial charge is 0.491 e. The lowest BCUT2D eigenvalue weighted by molar-refractivity contribution is 0.242. The molecule has 0 spiro atoms. The highest BCUT2D eigenvalue weighted by atomic mass is 16.5. The summed E-state index contributed by atoms with van der Waals surface area (Å²) in [5.41, 5.74) is 1.31. The summed E-state index contributed by atoms with van der Waals surface area (Å²) in [6.07, 6.45) is 0.224. The van der Waals surface area contributed by atoms with Gasteiger partial charge in [-0.05, 0) is 44.0 Å². The lowest BCUT2D eigenvalue weighted by Crippen LogP contribution is -2.25. The number of rotatable bonds is 6. The molecule has 0 radical (unpaired) electrons. The van der Waals surface area contributed by atoms with Crippen molar-refractivity contribution >= 4 is 0 Å². The average molecular weight is 235 g/mol. The van der Waals surface area contributed by atoms with E-state index in [1.165, 1.54) is 5.56 Å². The molecular weight excluding hydrogens is 210 g/mol. The molecule has 2 nitrogen and oxygen atoms in total. The van der Waals surface area contributed by atoms with Crippen molar-refractivity contribution in [3.63, 3.8) is 0 Å². The fourth-order valence-electron chi connectivity index (χ4n) is 2.01. The Balaban J connectivity index is 2.87. The third-order valence-corrected chi connectivity index (χ3v) is 2.68. The second-order valence-corrected chi connectivity index (χ2v) is 5.02. The summed E-state index contributed by atoms with van der Waals surface area (Å²) in [7, 11) is 0. The maximum Gasteiger partial charge on any atom is 0.120 e. The van der Waals surface area contributed by atoms with Gasteiger partial charge in [0, 0.05) is 6.04 Å². The Hall–Kier alpha value is -1.02. The Morgan fingerprint density at radius 1 is 1.18 bits per heavy atom. The molecule has 0 saturated carbocycles. The van der Waals surface area contributed by atoms with Crippen molar-refractivity contribution in [2.45, 2.75) is 46.8 Å². The van der Waals surface area contributed by atoms with Gasteiger partial charge in [0.15, 0.2) is 0 Å². The van der Waals surface area contributed by atoms with E-state index >= 15 is 0 Å². The quantitative estimate of drug-likeness (QED) is 0.810. The van der Waals surface area contributed by atoms with E-state index in [0.29, 0.717) is 12.0 Å². The zero-order valence-corrected chi connectivity index (χ0v) is 11.7. The fourth-order valence-corrected chi connectivity index (χ4v) is 2.01.